The van der Waals surface area contributed by atoms with Crippen LogP contribution in [0.15, 0.2) is 53.4 Å². The number of amides is 1. The number of carbonyl (C=O) groups is 1. The minimum Gasteiger partial charge on any atom is -0.326 e. The van der Waals surface area contributed by atoms with E-state index in [0.29, 0.717) is 11.4 Å². The van der Waals surface area contributed by atoms with Crippen molar-refractivity contribution in [2.45, 2.75) is 38.0 Å². The molecule has 0 aromatic heterocycles. The Labute approximate surface area is 143 Å². The van der Waals surface area contributed by atoms with Gasteiger partial charge in [0.25, 0.3) is 10.0 Å². The van der Waals surface area contributed by atoms with E-state index in [0.717, 1.165) is 5.56 Å². The van der Waals surface area contributed by atoms with Crippen LogP contribution >= 0.6 is 0 Å². The van der Waals surface area contributed by atoms with Crippen molar-refractivity contribution in [2.75, 3.05) is 10.0 Å². The van der Waals surface area contributed by atoms with E-state index in [9.17, 15) is 13.2 Å². The van der Waals surface area contributed by atoms with Crippen LogP contribution in [0.4, 0.5) is 11.4 Å². The second kappa shape index (κ2) is 6.65. The third-order valence-corrected chi connectivity index (χ3v) is 4.86. The monoisotopic (exact) mass is 346 g/mol. The third-order valence-electron chi connectivity index (χ3n) is 3.47. The van der Waals surface area contributed by atoms with Crippen molar-refractivity contribution in [1.82, 2.24) is 0 Å². The summed E-state index contributed by atoms with van der Waals surface area (Å²) in [5.74, 6) is -0.215. The van der Waals surface area contributed by atoms with Crippen LogP contribution in [0.3, 0.4) is 0 Å². The Morgan fingerprint density at radius 1 is 0.958 bits per heavy atom. The summed E-state index contributed by atoms with van der Waals surface area (Å²) in [5.41, 5.74) is 1.95. The average Bonchev–Trinajstić information content (AvgIpc) is 2.45. The molecule has 0 aliphatic heterocycles. The highest BCUT2D eigenvalue weighted by atomic mass is 32.2. The van der Waals surface area contributed by atoms with Gasteiger partial charge in [0.15, 0.2) is 0 Å². The number of hydrogen-bond donors (Lipinski definition) is 2. The number of sulfonamides is 1. The highest BCUT2D eigenvalue weighted by molar-refractivity contribution is 7.92. The molecule has 0 saturated heterocycles. The van der Waals surface area contributed by atoms with E-state index in [2.05, 4.69) is 30.8 Å². The Bertz CT molecular complexity index is 835. The quantitative estimate of drug-likeness (QED) is 0.885. The van der Waals surface area contributed by atoms with Gasteiger partial charge in [0.05, 0.1) is 10.6 Å². The molecule has 0 aliphatic carbocycles. The molecule has 1 amide bonds. The van der Waals surface area contributed by atoms with Gasteiger partial charge in [-0.3, -0.25) is 9.52 Å². The average molecular weight is 346 g/mol. The summed E-state index contributed by atoms with van der Waals surface area (Å²) < 4.78 is 27.5. The van der Waals surface area contributed by atoms with Gasteiger partial charge in [0.2, 0.25) is 5.91 Å². The van der Waals surface area contributed by atoms with E-state index in [1.807, 2.05) is 12.1 Å². The lowest BCUT2D eigenvalue weighted by molar-refractivity contribution is -0.114. The number of anilines is 2. The molecule has 2 aromatic rings. The Morgan fingerprint density at radius 2 is 1.54 bits per heavy atom. The van der Waals surface area contributed by atoms with E-state index in [4.69, 9.17) is 0 Å². The first kappa shape index (κ1) is 18.0. The van der Waals surface area contributed by atoms with Gasteiger partial charge in [-0.1, -0.05) is 39.0 Å². The first-order valence-corrected chi connectivity index (χ1v) is 9.07. The zero-order valence-electron chi connectivity index (χ0n) is 14.3. The van der Waals surface area contributed by atoms with Gasteiger partial charge in [0.1, 0.15) is 0 Å². The maximum atomic E-state index is 12.5. The van der Waals surface area contributed by atoms with Crippen LogP contribution in [0.5, 0.6) is 0 Å². The summed E-state index contributed by atoms with van der Waals surface area (Å²) >= 11 is 0. The number of hydrogen-bond acceptors (Lipinski definition) is 3. The smallest absolute Gasteiger partial charge is 0.261 e. The maximum Gasteiger partial charge on any atom is 0.261 e. The molecule has 6 heteroatoms. The van der Waals surface area contributed by atoms with E-state index in [1.165, 1.54) is 6.92 Å². The summed E-state index contributed by atoms with van der Waals surface area (Å²) in [6.07, 6.45) is 0. The molecule has 128 valence electrons. The molecule has 24 heavy (non-hydrogen) atoms. The maximum absolute atomic E-state index is 12.5. The number of rotatable bonds is 4. The fourth-order valence-corrected chi connectivity index (χ4v) is 3.26. The summed E-state index contributed by atoms with van der Waals surface area (Å²) in [4.78, 5) is 11.3. The van der Waals surface area contributed by atoms with Gasteiger partial charge in [-0.05, 0) is 41.3 Å². The largest absolute Gasteiger partial charge is 0.326 e. The Hall–Kier alpha value is -2.34. The van der Waals surface area contributed by atoms with Crippen LogP contribution < -0.4 is 10.0 Å². The van der Waals surface area contributed by atoms with Gasteiger partial charge >= 0.3 is 0 Å². The Balaban J connectivity index is 2.24. The lowest BCUT2D eigenvalue weighted by Gasteiger charge is -2.19. The molecule has 0 heterocycles. The topological polar surface area (TPSA) is 75.3 Å². The summed E-state index contributed by atoms with van der Waals surface area (Å²) in [5, 5.41) is 2.62. The SMILES string of the molecule is CC(=O)Nc1cccc(NS(=O)(=O)c2ccc(C(C)(C)C)cc2)c1. The van der Waals surface area contributed by atoms with Gasteiger partial charge in [-0.15, -0.1) is 0 Å². The standard InChI is InChI=1S/C18H22N2O3S/c1-13(21)19-15-6-5-7-16(12-15)20-24(22,23)17-10-8-14(9-11-17)18(2,3)4/h5-12,20H,1-4H3,(H,19,21). The summed E-state index contributed by atoms with van der Waals surface area (Å²) in [6.45, 7) is 7.61. The van der Waals surface area contributed by atoms with Crippen molar-refractivity contribution in [3.63, 3.8) is 0 Å². The van der Waals surface area contributed by atoms with Crippen molar-refractivity contribution in [3.8, 4) is 0 Å². The molecule has 0 bridgehead atoms. The lowest BCUT2D eigenvalue weighted by Crippen LogP contribution is -2.15. The molecule has 0 atom stereocenters. The van der Waals surface area contributed by atoms with Crippen molar-refractivity contribution in [3.05, 3.63) is 54.1 Å². The second-order valence-corrected chi connectivity index (χ2v) is 8.32. The molecule has 0 radical (unpaired) electrons. The predicted octanol–water partition coefficient (Wildman–Crippen LogP) is 3.74. The fraction of sp³-hybridized carbons (Fsp3) is 0.278. The molecule has 5 nitrogen and oxygen atoms in total. The minimum atomic E-state index is -3.68. The molecule has 0 fully saturated rings. The zero-order valence-corrected chi connectivity index (χ0v) is 15.1. The lowest BCUT2D eigenvalue weighted by atomic mass is 9.87. The molecule has 2 N–H and O–H groups in total. The Kier molecular flexibility index (Phi) is 4.99. The van der Waals surface area contributed by atoms with Gasteiger partial charge in [-0.25, -0.2) is 8.42 Å². The van der Waals surface area contributed by atoms with Crippen LogP contribution in [0.25, 0.3) is 0 Å². The van der Waals surface area contributed by atoms with Gasteiger partial charge in [-0.2, -0.15) is 0 Å². The predicted molar refractivity (Wildman–Crippen MR) is 96.7 cm³/mol. The van der Waals surface area contributed by atoms with Crippen LogP contribution in [0, 0.1) is 0 Å². The van der Waals surface area contributed by atoms with E-state index >= 15 is 0 Å². The second-order valence-electron chi connectivity index (χ2n) is 6.64. The highest BCUT2D eigenvalue weighted by Crippen LogP contribution is 2.24. The van der Waals surface area contributed by atoms with E-state index in [1.54, 1.807) is 36.4 Å². The highest BCUT2D eigenvalue weighted by Gasteiger charge is 2.17. The van der Waals surface area contributed by atoms with Crippen LogP contribution in [-0.4, -0.2) is 14.3 Å². The molecular formula is C18H22N2O3S. The molecule has 0 spiro atoms. The van der Waals surface area contributed by atoms with Crippen molar-refractivity contribution < 1.29 is 13.2 Å². The van der Waals surface area contributed by atoms with Crippen LogP contribution in [0.2, 0.25) is 0 Å². The fourth-order valence-electron chi connectivity index (χ4n) is 2.21. The molecule has 0 saturated carbocycles. The van der Waals surface area contributed by atoms with E-state index in [-0.39, 0.29) is 16.2 Å². The first-order valence-electron chi connectivity index (χ1n) is 7.59. The molecule has 2 aromatic carbocycles. The van der Waals surface area contributed by atoms with Crippen LogP contribution in [0.1, 0.15) is 33.3 Å². The molecule has 2 rings (SSSR count). The van der Waals surface area contributed by atoms with Gasteiger partial charge in [0, 0.05) is 12.6 Å². The first-order chi connectivity index (χ1) is 11.1. The summed E-state index contributed by atoms with van der Waals surface area (Å²) in [6, 6.07) is 13.4. The van der Waals surface area contributed by atoms with Crippen molar-refractivity contribution in [1.29, 1.82) is 0 Å². The zero-order chi connectivity index (χ0) is 18.0. The number of benzene rings is 2. The summed E-state index contributed by atoms with van der Waals surface area (Å²) in [7, 11) is -3.68. The van der Waals surface area contributed by atoms with Crippen LogP contribution in [-0.2, 0) is 20.2 Å². The molecule has 0 unspecified atom stereocenters. The van der Waals surface area contributed by atoms with Gasteiger partial charge < -0.3 is 5.32 Å². The third kappa shape index (κ3) is 4.58. The van der Waals surface area contributed by atoms with E-state index < -0.39 is 10.0 Å². The normalized spacial score (nSPS) is 11.8. The van der Waals surface area contributed by atoms with Crippen molar-refractivity contribution >= 4 is 27.3 Å². The Morgan fingerprint density at radius 3 is 2.08 bits per heavy atom. The number of nitrogens with one attached hydrogen (secondary N) is 2. The molecule has 0 aliphatic rings. The number of carbonyl (C=O) groups excluding carboxylic acids is 1. The molecular weight excluding hydrogens is 324 g/mol. The minimum absolute atomic E-state index is 0.0393. The van der Waals surface area contributed by atoms with Crippen molar-refractivity contribution in [2.24, 2.45) is 0 Å².